The lowest BCUT2D eigenvalue weighted by atomic mass is 9.94. The maximum absolute atomic E-state index is 13.1. The lowest BCUT2D eigenvalue weighted by molar-refractivity contribution is -0.142. The molecule has 220 valence electrons. The van der Waals surface area contributed by atoms with Gasteiger partial charge in [0.25, 0.3) is 0 Å². The van der Waals surface area contributed by atoms with Gasteiger partial charge in [0.2, 0.25) is 5.91 Å². The Labute approximate surface area is 263 Å². The van der Waals surface area contributed by atoms with Crippen molar-refractivity contribution in [2.75, 3.05) is 18.0 Å². The number of carbonyl (C=O) groups excluding carboxylic acids is 1. The van der Waals surface area contributed by atoms with Gasteiger partial charge in [-0.3, -0.25) is 4.79 Å². The third-order valence-corrected chi connectivity index (χ3v) is 9.86. The standard InChI is InChI=1S/C33H30Cl2N4O3S/c34-29-27(16-24-11-14-43-31(24)30(29)35)23-7-4-8-26(15-23)39-12-9-22(10-13-39)32(40)37-28(33(41)42)17-25-19-38(20-36-25)18-21-5-2-1-3-6-21/h1-8,11,14-16,19-20,22,28H,9-10,12-13,17-18H2,(H,37,40)(H,41,42)/t28-/m0/s1. The van der Waals surface area contributed by atoms with Crippen molar-refractivity contribution in [2.24, 2.45) is 5.92 Å². The van der Waals surface area contributed by atoms with Crippen LogP contribution in [0.4, 0.5) is 5.69 Å². The fourth-order valence-electron chi connectivity index (χ4n) is 5.62. The van der Waals surface area contributed by atoms with E-state index in [0.717, 1.165) is 32.5 Å². The van der Waals surface area contributed by atoms with E-state index in [-0.39, 0.29) is 18.2 Å². The Morgan fingerprint density at radius 1 is 1.02 bits per heavy atom. The highest BCUT2D eigenvalue weighted by molar-refractivity contribution is 7.18. The first-order valence-corrected chi connectivity index (χ1v) is 15.8. The smallest absolute Gasteiger partial charge is 0.326 e. The fraction of sp³-hybridized carbons (Fsp3) is 0.242. The number of carboxylic acids is 1. The molecule has 1 saturated heterocycles. The molecule has 7 nitrogen and oxygen atoms in total. The number of anilines is 1. The van der Waals surface area contributed by atoms with Crippen molar-refractivity contribution >= 4 is 62.2 Å². The summed E-state index contributed by atoms with van der Waals surface area (Å²) in [4.78, 5) is 31.8. The van der Waals surface area contributed by atoms with Crippen LogP contribution in [0.1, 0.15) is 24.1 Å². The molecule has 0 spiro atoms. The monoisotopic (exact) mass is 632 g/mol. The molecule has 1 fully saturated rings. The van der Waals surface area contributed by atoms with E-state index in [4.69, 9.17) is 23.2 Å². The van der Waals surface area contributed by atoms with Crippen molar-refractivity contribution in [2.45, 2.75) is 31.8 Å². The average molecular weight is 634 g/mol. The Kier molecular flexibility index (Phi) is 8.70. The largest absolute Gasteiger partial charge is 0.480 e. The van der Waals surface area contributed by atoms with Crippen molar-refractivity contribution in [3.8, 4) is 11.1 Å². The van der Waals surface area contributed by atoms with Crippen LogP contribution in [-0.2, 0) is 22.6 Å². The summed E-state index contributed by atoms with van der Waals surface area (Å²) in [7, 11) is 0. The summed E-state index contributed by atoms with van der Waals surface area (Å²) in [6.45, 7) is 2.01. The molecule has 1 aliphatic heterocycles. The Morgan fingerprint density at radius 2 is 1.81 bits per heavy atom. The predicted molar refractivity (Wildman–Crippen MR) is 173 cm³/mol. The number of carbonyl (C=O) groups is 2. The number of benzene rings is 3. The van der Waals surface area contributed by atoms with E-state index in [2.05, 4.69) is 33.4 Å². The van der Waals surface area contributed by atoms with Gasteiger partial charge in [0.1, 0.15) is 6.04 Å². The maximum Gasteiger partial charge on any atom is 0.326 e. The molecule has 3 heterocycles. The summed E-state index contributed by atoms with van der Waals surface area (Å²) < 4.78 is 2.90. The first kappa shape index (κ1) is 29.2. The van der Waals surface area contributed by atoms with Crippen LogP contribution in [0.15, 0.2) is 84.6 Å². The van der Waals surface area contributed by atoms with Gasteiger partial charge in [0.15, 0.2) is 0 Å². The third kappa shape index (κ3) is 6.56. The molecule has 0 unspecified atom stereocenters. The molecule has 1 atom stereocenters. The highest BCUT2D eigenvalue weighted by Crippen LogP contribution is 2.42. The Balaban J connectivity index is 1.07. The van der Waals surface area contributed by atoms with Gasteiger partial charge in [-0.1, -0.05) is 65.7 Å². The molecule has 2 aromatic heterocycles. The number of amides is 1. The van der Waals surface area contributed by atoms with Crippen molar-refractivity contribution in [1.29, 1.82) is 0 Å². The van der Waals surface area contributed by atoms with Crippen LogP contribution in [0.25, 0.3) is 21.2 Å². The molecule has 0 saturated carbocycles. The van der Waals surface area contributed by atoms with Gasteiger partial charge in [0, 0.05) is 49.4 Å². The van der Waals surface area contributed by atoms with E-state index in [0.29, 0.717) is 48.2 Å². The highest BCUT2D eigenvalue weighted by atomic mass is 35.5. The van der Waals surface area contributed by atoms with E-state index in [1.54, 1.807) is 17.7 Å². The number of carboxylic acid groups (broad SMARTS) is 1. The van der Waals surface area contributed by atoms with Crippen LogP contribution in [0.2, 0.25) is 10.0 Å². The van der Waals surface area contributed by atoms with Crippen LogP contribution >= 0.6 is 34.5 Å². The number of nitrogens with one attached hydrogen (secondary N) is 1. The molecular weight excluding hydrogens is 603 g/mol. The number of thiophene rings is 1. The van der Waals surface area contributed by atoms with Crippen molar-refractivity contribution < 1.29 is 14.7 Å². The molecule has 0 radical (unpaired) electrons. The topological polar surface area (TPSA) is 87.5 Å². The maximum atomic E-state index is 13.1. The molecule has 2 N–H and O–H groups in total. The zero-order chi connectivity index (χ0) is 29.9. The second-order valence-corrected chi connectivity index (χ2v) is 12.5. The molecule has 1 aliphatic rings. The number of piperidine rings is 1. The number of aliphatic carboxylic acids is 1. The second kappa shape index (κ2) is 12.8. The molecule has 43 heavy (non-hydrogen) atoms. The summed E-state index contributed by atoms with van der Waals surface area (Å²) in [5.41, 5.74) is 4.66. The molecule has 1 amide bonds. The number of hydrogen-bond donors (Lipinski definition) is 2. The van der Waals surface area contributed by atoms with Gasteiger partial charge in [-0.25, -0.2) is 9.78 Å². The van der Waals surface area contributed by atoms with Crippen LogP contribution in [0.3, 0.4) is 0 Å². The minimum absolute atomic E-state index is 0.123. The third-order valence-electron chi connectivity index (χ3n) is 7.93. The molecule has 0 aliphatic carbocycles. The van der Waals surface area contributed by atoms with Gasteiger partial charge in [-0.2, -0.15) is 0 Å². The predicted octanol–water partition coefficient (Wildman–Crippen LogP) is 7.15. The van der Waals surface area contributed by atoms with Crippen LogP contribution in [0, 0.1) is 5.92 Å². The number of imidazole rings is 1. The van der Waals surface area contributed by atoms with Gasteiger partial charge in [0.05, 0.1) is 26.8 Å². The summed E-state index contributed by atoms with van der Waals surface area (Å²) in [6, 6.07) is 21.2. The first-order chi connectivity index (χ1) is 20.9. The number of rotatable bonds is 9. The summed E-state index contributed by atoms with van der Waals surface area (Å²) in [6.07, 6.45) is 4.90. The fourth-order valence-corrected chi connectivity index (χ4v) is 7.10. The molecular formula is C33H30Cl2N4O3S. The van der Waals surface area contributed by atoms with Crippen molar-refractivity contribution in [3.05, 3.63) is 106 Å². The highest BCUT2D eigenvalue weighted by Gasteiger charge is 2.29. The Hall–Kier alpha value is -3.85. The Morgan fingerprint density at radius 3 is 2.58 bits per heavy atom. The number of aromatic nitrogens is 2. The van der Waals surface area contributed by atoms with Gasteiger partial charge in [-0.05, 0) is 59.0 Å². The van der Waals surface area contributed by atoms with E-state index in [1.807, 2.05) is 64.7 Å². The lowest BCUT2D eigenvalue weighted by Crippen LogP contribution is -2.47. The van der Waals surface area contributed by atoms with Crippen LogP contribution < -0.4 is 10.2 Å². The minimum Gasteiger partial charge on any atom is -0.480 e. The van der Waals surface area contributed by atoms with Crippen molar-refractivity contribution in [1.82, 2.24) is 14.9 Å². The summed E-state index contributed by atoms with van der Waals surface area (Å²) >= 11 is 14.8. The number of nitrogens with zero attached hydrogens (tertiary/aromatic N) is 3. The molecule has 5 aromatic rings. The van der Waals surface area contributed by atoms with E-state index < -0.39 is 12.0 Å². The van der Waals surface area contributed by atoms with Crippen LogP contribution in [-0.4, -0.2) is 45.7 Å². The number of halogens is 2. The zero-order valence-corrected chi connectivity index (χ0v) is 25.6. The average Bonchev–Trinajstić information content (AvgIpc) is 3.69. The number of hydrogen-bond acceptors (Lipinski definition) is 5. The second-order valence-electron chi connectivity index (χ2n) is 10.8. The molecule has 0 bridgehead atoms. The first-order valence-electron chi connectivity index (χ1n) is 14.1. The quantitative estimate of drug-likeness (QED) is 0.180. The SMILES string of the molecule is O=C(N[C@@H](Cc1cn(Cc2ccccc2)cn1)C(=O)O)C1CCN(c2cccc(-c3cc4ccsc4c(Cl)c3Cl)c2)CC1. The lowest BCUT2D eigenvalue weighted by Gasteiger charge is -2.33. The zero-order valence-electron chi connectivity index (χ0n) is 23.2. The molecule has 10 heteroatoms. The normalized spacial score (nSPS) is 14.6. The molecule has 6 rings (SSSR count). The van der Waals surface area contributed by atoms with E-state index in [1.165, 1.54) is 0 Å². The summed E-state index contributed by atoms with van der Waals surface area (Å²) in [5.74, 6) is -1.55. The molecule has 3 aromatic carbocycles. The van der Waals surface area contributed by atoms with Gasteiger partial charge in [-0.15, -0.1) is 11.3 Å². The Bertz CT molecular complexity index is 1760. The minimum atomic E-state index is -1.07. The van der Waals surface area contributed by atoms with Gasteiger partial charge >= 0.3 is 5.97 Å². The van der Waals surface area contributed by atoms with E-state index in [9.17, 15) is 14.7 Å². The van der Waals surface area contributed by atoms with E-state index >= 15 is 0 Å². The summed E-state index contributed by atoms with van der Waals surface area (Å²) in [5, 5.41) is 16.8. The van der Waals surface area contributed by atoms with Gasteiger partial charge < -0.3 is 19.9 Å². The van der Waals surface area contributed by atoms with Crippen LogP contribution in [0.5, 0.6) is 0 Å². The number of fused-ring (bicyclic) bond motifs is 1. The van der Waals surface area contributed by atoms with Crippen molar-refractivity contribution in [3.63, 3.8) is 0 Å².